The van der Waals surface area contributed by atoms with E-state index in [2.05, 4.69) is 21.6 Å². The zero-order valence-electron chi connectivity index (χ0n) is 20.7. The van der Waals surface area contributed by atoms with Crippen LogP contribution in [0.3, 0.4) is 0 Å². The Labute approximate surface area is 207 Å². The summed E-state index contributed by atoms with van der Waals surface area (Å²) in [6, 6.07) is 16.2. The van der Waals surface area contributed by atoms with Crippen molar-refractivity contribution in [3.05, 3.63) is 54.1 Å². The van der Waals surface area contributed by atoms with Gasteiger partial charge in [-0.3, -0.25) is 4.79 Å². The van der Waals surface area contributed by atoms with E-state index in [1.807, 2.05) is 42.2 Å². The second kappa shape index (κ2) is 11.9. The molecule has 8 nitrogen and oxygen atoms in total. The Hall–Kier alpha value is -3.26. The highest BCUT2D eigenvalue weighted by Gasteiger charge is 2.27. The molecular weight excluding hydrogens is 444 g/mol. The lowest BCUT2D eigenvalue weighted by molar-refractivity contribution is 0.0937. The van der Waals surface area contributed by atoms with Crippen LogP contribution in [-0.4, -0.2) is 68.9 Å². The van der Waals surface area contributed by atoms with Crippen LogP contribution in [0, 0.1) is 0 Å². The predicted octanol–water partition coefficient (Wildman–Crippen LogP) is 4.13. The molecule has 0 aromatic heterocycles. The van der Waals surface area contributed by atoms with E-state index in [1.54, 1.807) is 19.2 Å². The van der Waals surface area contributed by atoms with Gasteiger partial charge in [-0.25, -0.2) is 4.79 Å². The first kappa shape index (κ1) is 24.9. The summed E-state index contributed by atoms with van der Waals surface area (Å²) in [4.78, 5) is 28.8. The highest BCUT2D eigenvalue weighted by atomic mass is 16.6. The van der Waals surface area contributed by atoms with E-state index in [4.69, 9.17) is 9.47 Å². The third-order valence-electron chi connectivity index (χ3n) is 6.81. The number of benzene rings is 2. The number of hydrogen-bond acceptors (Lipinski definition) is 6. The Kier molecular flexibility index (Phi) is 8.47. The average molecular weight is 481 g/mol. The molecule has 2 saturated heterocycles. The van der Waals surface area contributed by atoms with Crippen molar-refractivity contribution in [2.24, 2.45) is 0 Å². The maximum Gasteiger partial charge on any atom is 0.409 e. The molecule has 2 aliphatic rings. The number of likely N-dealkylation sites (tertiary alicyclic amines) is 1. The van der Waals surface area contributed by atoms with Gasteiger partial charge < -0.3 is 29.9 Å². The van der Waals surface area contributed by atoms with Crippen LogP contribution < -0.4 is 20.3 Å². The zero-order chi connectivity index (χ0) is 24.6. The van der Waals surface area contributed by atoms with Crippen LogP contribution in [0.4, 0.5) is 16.2 Å². The van der Waals surface area contributed by atoms with E-state index >= 15 is 0 Å². The summed E-state index contributed by atoms with van der Waals surface area (Å²) in [6.45, 7) is 5.69. The molecule has 8 heteroatoms. The number of amides is 2. The number of hydrogen-bond donors (Lipinski definition) is 2. The quantitative estimate of drug-likeness (QED) is 0.620. The summed E-state index contributed by atoms with van der Waals surface area (Å²) in [5.74, 6) is 0.374. The Bertz CT molecular complexity index is 998. The van der Waals surface area contributed by atoms with Gasteiger partial charge in [-0.15, -0.1) is 0 Å². The number of carbonyl (C=O) groups excluding carboxylic acids is 2. The molecule has 2 heterocycles. The summed E-state index contributed by atoms with van der Waals surface area (Å²) in [7, 11) is 1.57. The van der Waals surface area contributed by atoms with Crippen LogP contribution >= 0.6 is 0 Å². The van der Waals surface area contributed by atoms with Crippen molar-refractivity contribution >= 4 is 23.4 Å². The normalized spacial score (nSPS) is 17.2. The van der Waals surface area contributed by atoms with Crippen molar-refractivity contribution in [1.82, 2.24) is 10.2 Å². The van der Waals surface area contributed by atoms with E-state index in [-0.39, 0.29) is 12.0 Å². The molecule has 0 radical (unpaired) electrons. The number of ether oxygens (including phenoxy) is 2. The van der Waals surface area contributed by atoms with Gasteiger partial charge in [0.1, 0.15) is 5.75 Å². The number of carbonyl (C=O) groups is 2. The summed E-state index contributed by atoms with van der Waals surface area (Å²) >= 11 is 0. The Balaban J connectivity index is 1.26. The van der Waals surface area contributed by atoms with Crippen LogP contribution in [0.15, 0.2) is 48.5 Å². The molecular formula is C27H36N4O4. The molecule has 35 heavy (non-hydrogen) atoms. The molecule has 2 N–H and O–H groups in total. The lowest BCUT2D eigenvalue weighted by Gasteiger charge is -2.38. The van der Waals surface area contributed by atoms with Gasteiger partial charge in [0.15, 0.2) is 0 Å². The van der Waals surface area contributed by atoms with Gasteiger partial charge in [0.2, 0.25) is 0 Å². The van der Waals surface area contributed by atoms with Gasteiger partial charge >= 0.3 is 6.09 Å². The van der Waals surface area contributed by atoms with Crippen LogP contribution in [0.25, 0.3) is 0 Å². The largest absolute Gasteiger partial charge is 0.496 e. The fourth-order valence-corrected chi connectivity index (χ4v) is 4.89. The van der Waals surface area contributed by atoms with Crippen molar-refractivity contribution in [3.63, 3.8) is 0 Å². The SMILES string of the molecule is CCOC(=O)N1CCC(NC2CCN(c3cccc(NC(=O)c4ccccc4OC)c3)CC2)CC1. The molecule has 2 fully saturated rings. The molecule has 2 aromatic rings. The van der Waals surface area contributed by atoms with Gasteiger partial charge in [0.25, 0.3) is 5.91 Å². The molecule has 188 valence electrons. The van der Waals surface area contributed by atoms with E-state index in [1.165, 1.54) is 0 Å². The average Bonchev–Trinajstić information content (AvgIpc) is 2.90. The van der Waals surface area contributed by atoms with Crippen molar-refractivity contribution in [2.45, 2.75) is 44.7 Å². The summed E-state index contributed by atoms with van der Waals surface area (Å²) in [5, 5.41) is 6.81. The first-order chi connectivity index (χ1) is 17.1. The Morgan fingerprint density at radius 2 is 1.63 bits per heavy atom. The molecule has 0 spiro atoms. The molecule has 2 aliphatic heterocycles. The molecule has 0 aliphatic carbocycles. The number of rotatable bonds is 7. The van der Waals surface area contributed by atoms with Crippen molar-refractivity contribution in [1.29, 1.82) is 0 Å². The number of para-hydroxylation sites is 1. The third kappa shape index (κ3) is 6.45. The van der Waals surface area contributed by atoms with Gasteiger partial charge in [0.05, 0.1) is 19.3 Å². The number of nitrogens with zero attached hydrogens (tertiary/aromatic N) is 2. The first-order valence-electron chi connectivity index (χ1n) is 12.5. The van der Waals surface area contributed by atoms with E-state index in [0.29, 0.717) is 30.0 Å². The first-order valence-corrected chi connectivity index (χ1v) is 12.5. The Morgan fingerprint density at radius 1 is 0.943 bits per heavy atom. The molecule has 0 unspecified atom stereocenters. The molecule has 0 atom stereocenters. The smallest absolute Gasteiger partial charge is 0.409 e. The van der Waals surface area contributed by atoms with Crippen molar-refractivity contribution < 1.29 is 19.1 Å². The molecule has 0 saturated carbocycles. The standard InChI is InChI=1S/C27H36N4O4/c1-3-35-27(33)31-17-13-21(14-18-31)28-20-11-15-30(16-12-20)23-8-6-7-22(19-23)29-26(32)24-9-4-5-10-25(24)34-2/h4-10,19-21,28H,3,11-18H2,1-2H3,(H,29,32). The summed E-state index contributed by atoms with van der Waals surface area (Å²) in [6.07, 6.45) is 3.87. The monoisotopic (exact) mass is 480 g/mol. The fraction of sp³-hybridized carbons (Fsp3) is 0.481. The highest BCUT2D eigenvalue weighted by Crippen LogP contribution is 2.25. The summed E-state index contributed by atoms with van der Waals surface area (Å²) in [5.41, 5.74) is 2.40. The van der Waals surface area contributed by atoms with Crippen molar-refractivity contribution in [3.8, 4) is 5.75 Å². The maximum atomic E-state index is 12.8. The minimum atomic E-state index is -0.194. The van der Waals surface area contributed by atoms with Gasteiger partial charge in [-0.2, -0.15) is 0 Å². The van der Waals surface area contributed by atoms with E-state index < -0.39 is 0 Å². The fourth-order valence-electron chi connectivity index (χ4n) is 4.89. The van der Waals surface area contributed by atoms with Crippen molar-refractivity contribution in [2.75, 3.05) is 50.1 Å². The molecule has 2 aromatic carbocycles. The predicted molar refractivity (Wildman–Crippen MR) is 137 cm³/mol. The minimum Gasteiger partial charge on any atom is -0.496 e. The topological polar surface area (TPSA) is 83.1 Å². The van der Waals surface area contributed by atoms with Crippen LogP contribution in [0.5, 0.6) is 5.75 Å². The van der Waals surface area contributed by atoms with Crippen LogP contribution in [0.2, 0.25) is 0 Å². The second-order valence-corrected chi connectivity index (χ2v) is 9.09. The number of nitrogens with one attached hydrogen (secondary N) is 2. The summed E-state index contributed by atoms with van der Waals surface area (Å²) < 4.78 is 10.4. The van der Waals surface area contributed by atoms with E-state index in [0.717, 1.165) is 63.2 Å². The molecule has 2 amide bonds. The van der Waals surface area contributed by atoms with Gasteiger partial charge in [0, 0.05) is 49.6 Å². The van der Waals surface area contributed by atoms with Gasteiger partial charge in [-0.05, 0) is 62.9 Å². The maximum absolute atomic E-state index is 12.8. The van der Waals surface area contributed by atoms with Crippen LogP contribution in [0.1, 0.15) is 43.0 Å². The number of piperidine rings is 2. The second-order valence-electron chi connectivity index (χ2n) is 9.09. The molecule has 4 rings (SSSR count). The Morgan fingerprint density at radius 3 is 2.31 bits per heavy atom. The van der Waals surface area contributed by atoms with Gasteiger partial charge in [-0.1, -0.05) is 18.2 Å². The van der Waals surface area contributed by atoms with E-state index in [9.17, 15) is 9.59 Å². The number of methoxy groups -OCH3 is 1. The number of anilines is 2. The molecule has 0 bridgehead atoms. The third-order valence-corrected chi connectivity index (χ3v) is 6.81. The lowest BCUT2D eigenvalue weighted by atomic mass is 9.99. The minimum absolute atomic E-state index is 0.184. The lowest BCUT2D eigenvalue weighted by Crippen LogP contribution is -2.50. The van der Waals surface area contributed by atoms with Crippen LogP contribution in [-0.2, 0) is 4.74 Å². The zero-order valence-corrected chi connectivity index (χ0v) is 20.7. The highest BCUT2D eigenvalue weighted by molar-refractivity contribution is 6.06.